The lowest BCUT2D eigenvalue weighted by atomic mass is 9.63. The summed E-state index contributed by atoms with van der Waals surface area (Å²) in [4.78, 5) is 24.6. The Bertz CT molecular complexity index is 995. The van der Waals surface area contributed by atoms with Gasteiger partial charge in [0.25, 0.3) is 0 Å². The number of carbonyl (C=O) groups excluding carboxylic acids is 2. The predicted molar refractivity (Wildman–Crippen MR) is 95.2 cm³/mol. The maximum atomic E-state index is 12.9. The summed E-state index contributed by atoms with van der Waals surface area (Å²) in [6, 6.07) is 9.77. The van der Waals surface area contributed by atoms with Gasteiger partial charge in [0.1, 0.15) is 5.41 Å². The van der Waals surface area contributed by atoms with Gasteiger partial charge in [-0.15, -0.1) is 0 Å². The number of rotatable bonds is 6. The Morgan fingerprint density at radius 3 is 2.18 bits per heavy atom. The second-order valence-corrected chi connectivity index (χ2v) is 6.25. The fourth-order valence-electron chi connectivity index (χ4n) is 3.31. The zero-order valence-corrected chi connectivity index (χ0v) is 15.3. The van der Waals surface area contributed by atoms with E-state index < -0.39 is 35.4 Å². The number of ketones is 1. The molecule has 9 nitrogen and oxygen atoms in total. The van der Waals surface area contributed by atoms with Crippen LogP contribution in [0.1, 0.15) is 23.2 Å². The van der Waals surface area contributed by atoms with Gasteiger partial charge in [-0.05, 0) is 18.2 Å². The Balaban J connectivity index is 2.58. The molecule has 142 valence electrons. The summed E-state index contributed by atoms with van der Waals surface area (Å²) in [7, 11) is 2.84. The van der Waals surface area contributed by atoms with Crippen molar-refractivity contribution >= 4 is 11.7 Å². The van der Waals surface area contributed by atoms with Crippen molar-refractivity contribution in [2.45, 2.75) is 12.8 Å². The number of ether oxygens (including phenoxy) is 2. The lowest BCUT2D eigenvalue weighted by molar-refractivity contribution is -0.114. The van der Waals surface area contributed by atoms with Crippen LogP contribution in [-0.2, 0) is 4.79 Å². The van der Waals surface area contributed by atoms with Crippen LogP contribution < -0.4 is 20.9 Å². The summed E-state index contributed by atoms with van der Waals surface area (Å²) in [6.07, 6.45) is -1.00. The van der Waals surface area contributed by atoms with Crippen molar-refractivity contribution in [2.75, 3.05) is 14.2 Å². The van der Waals surface area contributed by atoms with Gasteiger partial charge in [-0.2, -0.15) is 15.8 Å². The van der Waals surface area contributed by atoms with Gasteiger partial charge in [-0.3, -0.25) is 9.59 Å². The van der Waals surface area contributed by atoms with E-state index in [9.17, 15) is 25.4 Å². The zero-order chi connectivity index (χ0) is 21.1. The molecule has 0 unspecified atom stereocenters. The van der Waals surface area contributed by atoms with E-state index in [1.54, 1.807) is 12.1 Å². The first kappa shape index (κ1) is 20.3. The second-order valence-electron chi connectivity index (χ2n) is 6.25. The normalized spacial score (nSPS) is 19.8. The Kier molecular flexibility index (Phi) is 5.29. The van der Waals surface area contributed by atoms with Gasteiger partial charge < -0.3 is 20.9 Å². The zero-order valence-electron chi connectivity index (χ0n) is 15.3. The van der Waals surface area contributed by atoms with Crippen LogP contribution in [0.5, 0.6) is 11.5 Å². The Morgan fingerprint density at radius 2 is 1.71 bits per heavy atom. The number of benzene rings is 1. The number of nitriles is 3. The number of Topliss-reactive ketones (excluding diaryl/α,β-unsaturated/α-hetero) is 1. The molecule has 4 N–H and O–H groups in total. The van der Waals surface area contributed by atoms with Crippen LogP contribution in [0.4, 0.5) is 0 Å². The highest BCUT2D eigenvalue weighted by Gasteiger charge is 2.62. The number of nitrogens with zero attached hydrogens (tertiary/aromatic N) is 3. The molecule has 0 radical (unpaired) electrons. The van der Waals surface area contributed by atoms with Gasteiger partial charge in [0.2, 0.25) is 5.91 Å². The van der Waals surface area contributed by atoms with Crippen LogP contribution in [0.2, 0.25) is 0 Å². The summed E-state index contributed by atoms with van der Waals surface area (Å²) < 4.78 is 10.3. The molecule has 0 aliphatic heterocycles. The molecule has 0 spiro atoms. The molecule has 0 bridgehead atoms. The Labute approximate surface area is 161 Å². The van der Waals surface area contributed by atoms with E-state index in [0.29, 0.717) is 11.5 Å². The molecule has 0 aromatic heterocycles. The van der Waals surface area contributed by atoms with Crippen molar-refractivity contribution in [3.8, 4) is 29.7 Å². The lowest BCUT2D eigenvalue weighted by Crippen LogP contribution is -2.41. The van der Waals surface area contributed by atoms with Crippen molar-refractivity contribution in [3.05, 3.63) is 35.0 Å². The predicted octanol–water partition coefficient (Wildman–Crippen LogP) is 0.922. The summed E-state index contributed by atoms with van der Waals surface area (Å²) in [5.41, 5.74) is 6.90. The first-order valence-corrected chi connectivity index (χ1v) is 8.03. The highest BCUT2D eigenvalue weighted by Crippen LogP contribution is 2.56. The van der Waals surface area contributed by atoms with E-state index in [0.717, 1.165) is 0 Å². The maximum absolute atomic E-state index is 12.9. The number of amides is 1. The van der Waals surface area contributed by atoms with E-state index in [1.165, 1.54) is 32.4 Å². The minimum Gasteiger partial charge on any atom is -0.493 e. The summed E-state index contributed by atoms with van der Waals surface area (Å²) in [5.74, 6) is -0.818. The van der Waals surface area contributed by atoms with Crippen molar-refractivity contribution in [3.63, 3.8) is 0 Å². The molecule has 1 aliphatic carbocycles. The number of primary amides is 1. The van der Waals surface area contributed by atoms with Crippen molar-refractivity contribution in [1.82, 2.24) is 0 Å². The van der Waals surface area contributed by atoms with Crippen molar-refractivity contribution in [2.24, 2.45) is 22.3 Å². The van der Waals surface area contributed by atoms with Crippen molar-refractivity contribution in [1.29, 1.82) is 15.8 Å². The van der Waals surface area contributed by atoms with Crippen LogP contribution in [0, 0.1) is 44.8 Å². The molecular weight excluding hydrogens is 362 g/mol. The van der Waals surface area contributed by atoms with E-state index in [-0.39, 0.29) is 16.8 Å². The van der Waals surface area contributed by atoms with Gasteiger partial charge in [0.05, 0.1) is 32.4 Å². The Hall–Kier alpha value is -4.03. The standard InChI is InChI=1S/C19H17N5O4/c1-27-14-4-3-11(5-15(14)28-2)13(25)7-19(10-22)16(23)12(17(24)26)6-18(19,8-20)9-21/h3-5H,6-7,23H2,1-2H3,(H2,24,26)/t19-/m1/s1. The quantitative estimate of drug-likeness (QED) is 0.685. The van der Waals surface area contributed by atoms with Crippen molar-refractivity contribution < 1.29 is 19.1 Å². The van der Waals surface area contributed by atoms with Gasteiger partial charge in [-0.1, -0.05) is 0 Å². The van der Waals surface area contributed by atoms with Crippen LogP contribution in [0.3, 0.4) is 0 Å². The van der Waals surface area contributed by atoms with Crippen LogP contribution >= 0.6 is 0 Å². The minimum absolute atomic E-state index is 0.164. The summed E-state index contributed by atoms with van der Waals surface area (Å²) >= 11 is 0. The summed E-state index contributed by atoms with van der Waals surface area (Å²) in [6.45, 7) is 0. The molecule has 0 saturated heterocycles. The van der Waals surface area contributed by atoms with E-state index in [2.05, 4.69) is 0 Å². The fraction of sp³-hybridized carbons (Fsp3) is 0.316. The average molecular weight is 379 g/mol. The first-order valence-electron chi connectivity index (χ1n) is 8.03. The molecule has 0 heterocycles. The highest BCUT2D eigenvalue weighted by molar-refractivity contribution is 5.99. The molecule has 9 heteroatoms. The highest BCUT2D eigenvalue weighted by atomic mass is 16.5. The first-order chi connectivity index (χ1) is 13.3. The largest absolute Gasteiger partial charge is 0.493 e. The smallest absolute Gasteiger partial charge is 0.246 e. The number of hydrogen-bond donors (Lipinski definition) is 2. The van der Waals surface area contributed by atoms with Crippen LogP contribution in [-0.4, -0.2) is 25.9 Å². The lowest BCUT2D eigenvalue weighted by Gasteiger charge is -2.31. The number of allylic oxidation sites excluding steroid dienone is 1. The average Bonchev–Trinajstić information content (AvgIpc) is 2.96. The number of carbonyl (C=O) groups is 2. The molecule has 0 fully saturated rings. The van der Waals surface area contributed by atoms with Gasteiger partial charge in [0, 0.05) is 29.7 Å². The molecule has 1 aromatic carbocycles. The topological polar surface area (TPSA) is 176 Å². The SMILES string of the molecule is COc1ccc(C(=O)C[C@@]2(C#N)C(N)=C(C(N)=O)CC2(C#N)C#N)cc1OC. The maximum Gasteiger partial charge on any atom is 0.246 e. The van der Waals surface area contributed by atoms with Crippen LogP contribution in [0.25, 0.3) is 0 Å². The van der Waals surface area contributed by atoms with Gasteiger partial charge in [0.15, 0.2) is 22.7 Å². The third-order valence-electron chi connectivity index (χ3n) is 4.96. The molecule has 1 atom stereocenters. The van der Waals surface area contributed by atoms with E-state index in [1.807, 2.05) is 6.07 Å². The van der Waals surface area contributed by atoms with E-state index >= 15 is 0 Å². The number of methoxy groups -OCH3 is 2. The molecule has 28 heavy (non-hydrogen) atoms. The Morgan fingerprint density at radius 1 is 1.11 bits per heavy atom. The van der Waals surface area contributed by atoms with Gasteiger partial charge in [-0.25, -0.2) is 0 Å². The molecule has 0 saturated carbocycles. The molecule has 1 aliphatic rings. The third kappa shape index (κ3) is 2.78. The molecule has 1 aromatic rings. The molecule has 2 rings (SSSR count). The number of hydrogen-bond acceptors (Lipinski definition) is 8. The van der Waals surface area contributed by atoms with Crippen LogP contribution in [0.15, 0.2) is 29.5 Å². The fourth-order valence-corrected chi connectivity index (χ4v) is 3.31. The van der Waals surface area contributed by atoms with Gasteiger partial charge >= 0.3 is 0 Å². The molecule has 1 amide bonds. The number of nitrogens with two attached hydrogens (primary N) is 2. The second kappa shape index (κ2) is 7.30. The summed E-state index contributed by atoms with van der Waals surface area (Å²) in [5, 5.41) is 29.1. The minimum atomic E-state index is -2.01. The van der Waals surface area contributed by atoms with E-state index in [4.69, 9.17) is 20.9 Å². The third-order valence-corrected chi connectivity index (χ3v) is 4.96. The monoisotopic (exact) mass is 379 g/mol. The molecular formula is C19H17N5O4.